The molecule has 2 N–H and O–H groups in total. The quantitative estimate of drug-likeness (QED) is 0.327. The predicted molar refractivity (Wildman–Crippen MR) is 172 cm³/mol. The van der Waals surface area contributed by atoms with Gasteiger partial charge < -0.3 is 29.7 Å². The molecule has 2 aliphatic heterocycles. The number of benzene rings is 1. The molecule has 0 radical (unpaired) electrons. The van der Waals surface area contributed by atoms with Crippen LogP contribution in [-0.2, 0) is 38.3 Å². The number of nitrogens with one attached hydrogen (secondary N) is 2. The highest BCUT2D eigenvalue weighted by Crippen LogP contribution is 2.34. The number of hydrogen-bond donors (Lipinski definition) is 2. The highest BCUT2D eigenvalue weighted by molar-refractivity contribution is 6.33. The second-order valence-corrected chi connectivity index (χ2v) is 11.7. The molecule has 17 heteroatoms. The zero-order valence-electron chi connectivity index (χ0n) is 26.3. The molecule has 0 aliphatic carbocycles. The summed E-state index contributed by atoms with van der Waals surface area (Å²) >= 11 is 6.10. The summed E-state index contributed by atoms with van der Waals surface area (Å²) in [5.74, 6) is -0.857. The molecule has 0 spiro atoms. The molecule has 256 valence electrons. The molecule has 1 saturated heterocycles. The van der Waals surface area contributed by atoms with Gasteiger partial charge in [-0.25, -0.2) is 0 Å². The number of hydrogen-bond acceptors (Lipinski definition) is 8. The SMILES string of the molecule is C=CC(=O)NCC1CN(c2c(CC)n(CC(=O)Nc3ccc(C(F)(F)F)cc3Cl)c3nc(C4=CCOCC4)nn3c2=O)CCN1C(C)=O. The van der Waals surface area contributed by atoms with Crippen molar-refractivity contribution >= 4 is 52.0 Å². The van der Waals surface area contributed by atoms with Crippen molar-refractivity contribution in [3.63, 3.8) is 0 Å². The van der Waals surface area contributed by atoms with Crippen molar-refractivity contribution < 1.29 is 32.3 Å². The first-order valence-corrected chi connectivity index (χ1v) is 15.6. The number of carbonyl (C=O) groups excluding carboxylic acids is 3. The summed E-state index contributed by atoms with van der Waals surface area (Å²) in [7, 11) is 0. The van der Waals surface area contributed by atoms with Crippen molar-refractivity contribution in [2.75, 3.05) is 49.6 Å². The van der Waals surface area contributed by atoms with Crippen LogP contribution in [0.1, 0.15) is 37.4 Å². The van der Waals surface area contributed by atoms with Crippen molar-refractivity contribution in [2.45, 2.75) is 45.5 Å². The maximum absolute atomic E-state index is 14.2. The minimum Gasteiger partial charge on any atom is -0.377 e. The lowest BCUT2D eigenvalue weighted by Crippen LogP contribution is -2.59. The number of rotatable bonds is 9. The van der Waals surface area contributed by atoms with E-state index >= 15 is 0 Å². The molecule has 48 heavy (non-hydrogen) atoms. The Balaban J connectivity index is 1.57. The van der Waals surface area contributed by atoms with Crippen LogP contribution in [0.15, 0.2) is 41.7 Å². The summed E-state index contributed by atoms with van der Waals surface area (Å²) in [6.07, 6.45) is -0.885. The van der Waals surface area contributed by atoms with Crippen LogP contribution in [0, 0.1) is 0 Å². The van der Waals surface area contributed by atoms with Crippen LogP contribution < -0.4 is 21.1 Å². The van der Waals surface area contributed by atoms with E-state index < -0.39 is 35.2 Å². The molecule has 3 amide bonds. The van der Waals surface area contributed by atoms with Crippen LogP contribution in [0.3, 0.4) is 0 Å². The highest BCUT2D eigenvalue weighted by Gasteiger charge is 2.34. The van der Waals surface area contributed by atoms with Gasteiger partial charge in [0.25, 0.3) is 5.56 Å². The molecule has 1 unspecified atom stereocenters. The van der Waals surface area contributed by atoms with E-state index in [1.165, 1.54) is 6.92 Å². The number of fused-ring (bicyclic) bond motifs is 1. The number of aromatic nitrogens is 4. The number of carbonyl (C=O) groups is 3. The Morgan fingerprint density at radius 3 is 2.62 bits per heavy atom. The van der Waals surface area contributed by atoms with Gasteiger partial charge in [0.15, 0.2) is 5.82 Å². The van der Waals surface area contributed by atoms with E-state index in [1.807, 2.05) is 13.0 Å². The number of halogens is 4. The van der Waals surface area contributed by atoms with Crippen LogP contribution in [0.5, 0.6) is 0 Å². The number of nitrogens with zero attached hydrogens (tertiary/aromatic N) is 6. The Bertz CT molecular complexity index is 1850. The van der Waals surface area contributed by atoms with Gasteiger partial charge in [0.1, 0.15) is 12.2 Å². The lowest BCUT2D eigenvalue weighted by atomic mass is 10.1. The van der Waals surface area contributed by atoms with Gasteiger partial charge in [-0.2, -0.15) is 22.7 Å². The van der Waals surface area contributed by atoms with Crippen LogP contribution in [0.4, 0.5) is 24.5 Å². The molecule has 5 rings (SSSR count). The zero-order chi connectivity index (χ0) is 34.7. The Morgan fingerprint density at radius 1 is 1.23 bits per heavy atom. The first kappa shape index (κ1) is 34.6. The molecule has 2 aliphatic rings. The third kappa shape index (κ3) is 7.23. The second-order valence-electron chi connectivity index (χ2n) is 11.2. The van der Waals surface area contributed by atoms with Crippen molar-refractivity contribution in [1.82, 2.24) is 29.4 Å². The molecule has 13 nitrogen and oxygen atoms in total. The average molecular weight is 691 g/mol. The minimum absolute atomic E-state index is 0.0238. The highest BCUT2D eigenvalue weighted by atomic mass is 35.5. The summed E-state index contributed by atoms with van der Waals surface area (Å²) in [5.41, 5.74) is -0.0110. The Kier molecular flexibility index (Phi) is 10.2. The molecule has 3 aromatic rings. The van der Waals surface area contributed by atoms with Gasteiger partial charge in [0.05, 0.1) is 41.2 Å². The third-order valence-corrected chi connectivity index (χ3v) is 8.50. The molecule has 0 saturated carbocycles. The summed E-state index contributed by atoms with van der Waals surface area (Å²) in [6, 6.07) is 2.13. The molecule has 1 aromatic carbocycles. The molecule has 0 bridgehead atoms. The van der Waals surface area contributed by atoms with Gasteiger partial charge in [-0.3, -0.25) is 19.2 Å². The average Bonchev–Trinajstić information content (AvgIpc) is 3.51. The van der Waals surface area contributed by atoms with Gasteiger partial charge in [-0.1, -0.05) is 31.2 Å². The summed E-state index contributed by atoms with van der Waals surface area (Å²) < 4.78 is 47.6. The first-order valence-electron chi connectivity index (χ1n) is 15.2. The fourth-order valence-corrected chi connectivity index (χ4v) is 6.09. The Labute approximate surface area is 278 Å². The van der Waals surface area contributed by atoms with E-state index in [1.54, 1.807) is 14.4 Å². The summed E-state index contributed by atoms with van der Waals surface area (Å²) in [4.78, 5) is 60.2. The number of anilines is 2. The first-order chi connectivity index (χ1) is 22.8. The van der Waals surface area contributed by atoms with Crippen molar-refractivity contribution in [2.24, 2.45) is 0 Å². The standard InChI is InChI=1S/C31H34ClF3N8O5/c1-4-24-27(40-10-11-41(18(3)44)21(16-40)15-36-25(45)5-2)29(47)43-30(38-28(39-43)19-8-12-48-13-9-19)42(24)17-26(46)37-23-7-6-20(14-22(23)32)31(33,34)35/h5-8,14,21H,2,4,9-13,15-17H2,1,3H3,(H,36,45)(H,37,46). The number of alkyl halides is 3. The third-order valence-electron chi connectivity index (χ3n) is 8.18. The number of amides is 3. The van der Waals surface area contributed by atoms with Crippen molar-refractivity contribution in [3.8, 4) is 0 Å². The van der Waals surface area contributed by atoms with Crippen LogP contribution in [0.25, 0.3) is 11.4 Å². The van der Waals surface area contributed by atoms with E-state index in [0.29, 0.717) is 31.2 Å². The smallest absolute Gasteiger partial charge is 0.377 e. The summed E-state index contributed by atoms with van der Waals surface area (Å²) in [5, 5.41) is 9.51. The normalized spacial score (nSPS) is 16.9. The van der Waals surface area contributed by atoms with E-state index in [0.717, 1.165) is 34.4 Å². The van der Waals surface area contributed by atoms with E-state index in [4.69, 9.17) is 16.3 Å². The maximum atomic E-state index is 14.2. The fourth-order valence-electron chi connectivity index (χ4n) is 5.86. The Hall–Kier alpha value is -4.70. The molecular formula is C31H34ClF3N8O5. The van der Waals surface area contributed by atoms with Crippen molar-refractivity contribution in [3.05, 3.63) is 69.4 Å². The van der Waals surface area contributed by atoms with Gasteiger partial charge in [-0.05, 0) is 42.7 Å². The fraction of sp³-hybridized carbons (Fsp3) is 0.419. The Morgan fingerprint density at radius 2 is 2.00 bits per heavy atom. The van der Waals surface area contributed by atoms with Gasteiger partial charge in [-0.15, -0.1) is 5.10 Å². The van der Waals surface area contributed by atoms with Crippen LogP contribution in [-0.4, -0.2) is 87.2 Å². The van der Waals surface area contributed by atoms with E-state index in [-0.39, 0.29) is 67.2 Å². The molecule has 2 aromatic heterocycles. The van der Waals surface area contributed by atoms with Gasteiger partial charge >= 0.3 is 6.18 Å². The van der Waals surface area contributed by atoms with Crippen molar-refractivity contribution in [1.29, 1.82) is 0 Å². The monoisotopic (exact) mass is 690 g/mol. The van der Waals surface area contributed by atoms with E-state index in [2.05, 4.69) is 27.3 Å². The maximum Gasteiger partial charge on any atom is 0.416 e. The second kappa shape index (κ2) is 14.2. The number of piperazine rings is 1. The summed E-state index contributed by atoms with van der Waals surface area (Å²) in [6.45, 7) is 7.92. The largest absolute Gasteiger partial charge is 0.416 e. The van der Waals surface area contributed by atoms with Gasteiger partial charge in [0.2, 0.25) is 23.5 Å². The molecule has 1 fully saturated rings. The van der Waals surface area contributed by atoms with Gasteiger partial charge in [0, 0.05) is 33.1 Å². The minimum atomic E-state index is -4.61. The van der Waals surface area contributed by atoms with E-state index in [9.17, 15) is 32.3 Å². The van der Waals surface area contributed by atoms with Crippen LogP contribution in [0.2, 0.25) is 5.02 Å². The lowest BCUT2D eigenvalue weighted by molar-refractivity contribution is -0.137. The topological polar surface area (TPSA) is 143 Å². The lowest BCUT2D eigenvalue weighted by Gasteiger charge is -2.42. The molecule has 1 atom stereocenters. The van der Waals surface area contributed by atoms with Crippen LogP contribution >= 0.6 is 11.6 Å². The zero-order valence-corrected chi connectivity index (χ0v) is 27.0. The number of ether oxygens (including phenoxy) is 1. The molecule has 4 heterocycles. The molecular weight excluding hydrogens is 657 g/mol. The predicted octanol–water partition coefficient (Wildman–Crippen LogP) is 2.91.